The Morgan fingerprint density at radius 2 is 2.14 bits per heavy atom. The number of thiophene rings is 1. The van der Waals surface area contributed by atoms with Crippen LogP contribution in [0.4, 0.5) is 0 Å². The first kappa shape index (κ1) is 18.1. The number of hydrogen-bond acceptors (Lipinski definition) is 3. The van der Waals surface area contributed by atoms with E-state index in [4.69, 9.17) is 17.6 Å². The van der Waals surface area contributed by atoms with Crippen LogP contribution in [0.25, 0.3) is 0 Å². The molecule has 0 aliphatic rings. The zero-order valence-corrected chi connectivity index (χ0v) is 14.4. The molecule has 0 saturated heterocycles. The van der Waals surface area contributed by atoms with Crippen LogP contribution in [0.5, 0.6) is 0 Å². The zero-order valence-electron chi connectivity index (χ0n) is 13.6. The molecule has 1 aromatic rings. The van der Waals surface area contributed by atoms with Crippen LogP contribution in [-0.2, 0) is 9.53 Å². The van der Waals surface area contributed by atoms with E-state index in [1.807, 2.05) is 45.2 Å². The molecule has 1 aromatic heterocycles. The first-order valence-corrected chi connectivity index (χ1v) is 8.10. The summed E-state index contributed by atoms with van der Waals surface area (Å²) in [4.78, 5) is 13.7. The first-order valence-electron chi connectivity index (χ1n) is 7.22. The van der Waals surface area contributed by atoms with Crippen LogP contribution in [0, 0.1) is 37.5 Å². The van der Waals surface area contributed by atoms with Crippen molar-refractivity contribution in [1.29, 1.82) is 0 Å². The maximum atomic E-state index is 12.6. The van der Waals surface area contributed by atoms with Gasteiger partial charge in [-0.1, -0.05) is 25.8 Å². The minimum absolute atomic E-state index is 0.134. The van der Waals surface area contributed by atoms with Crippen LogP contribution in [0.15, 0.2) is 23.1 Å². The molecule has 0 aliphatic carbocycles. The lowest BCUT2D eigenvalue weighted by Gasteiger charge is -2.21. The van der Waals surface area contributed by atoms with Gasteiger partial charge in [-0.2, -0.15) is 0 Å². The molecule has 0 saturated carbocycles. The van der Waals surface area contributed by atoms with Crippen molar-refractivity contribution in [3.63, 3.8) is 0 Å². The summed E-state index contributed by atoms with van der Waals surface area (Å²) in [6.07, 6.45) is 12.4. The molecule has 0 spiro atoms. The van der Waals surface area contributed by atoms with Gasteiger partial charge in [-0.25, -0.2) is 0 Å². The van der Waals surface area contributed by atoms with Crippen molar-refractivity contribution >= 4 is 17.3 Å². The molecule has 116 valence electrons. The lowest BCUT2D eigenvalue weighted by Crippen LogP contribution is -2.26. The molecule has 0 radical (unpaired) electrons. The van der Waals surface area contributed by atoms with Crippen molar-refractivity contribution in [2.24, 2.45) is 5.92 Å². The number of aryl methyl sites for hydroxylation is 1. The van der Waals surface area contributed by atoms with Gasteiger partial charge in [0.2, 0.25) is 0 Å². The summed E-state index contributed by atoms with van der Waals surface area (Å²) in [5, 5.41) is 2.01. The maximum absolute atomic E-state index is 12.6. The van der Waals surface area contributed by atoms with E-state index in [1.54, 1.807) is 11.3 Å². The minimum Gasteiger partial charge on any atom is -0.444 e. The largest absolute Gasteiger partial charge is 0.444 e. The SMILES string of the molecule is C#CCC=C(C)C(C#C)OC(=O)C(c1csc(C)c1)C(C)C. The van der Waals surface area contributed by atoms with Gasteiger partial charge in [0.1, 0.15) is 0 Å². The van der Waals surface area contributed by atoms with Crippen molar-refractivity contribution in [2.75, 3.05) is 0 Å². The molecule has 22 heavy (non-hydrogen) atoms. The van der Waals surface area contributed by atoms with E-state index < -0.39 is 6.10 Å². The Bertz CT molecular complexity index is 623. The number of carbonyl (C=O) groups excluding carboxylic acids is 1. The highest BCUT2D eigenvalue weighted by molar-refractivity contribution is 7.10. The van der Waals surface area contributed by atoms with E-state index in [0.717, 1.165) is 11.1 Å². The summed E-state index contributed by atoms with van der Waals surface area (Å²) in [6, 6.07) is 2.03. The quantitative estimate of drug-likeness (QED) is 0.444. The van der Waals surface area contributed by atoms with Crippen LogP contribution in [0.1, 0.15) is 43.6 Å². The molecule has 0 fully saturated rings. The fraction of sp³-hybridized carbons (Fsp3) is 0.421. The Morgan fingerprint density at radius 1 is 1.45 bits per heavy atom. The Kier molecular flexibility index (Phi) is 6.96. The Hall–Kier alpha value is -1.97. The van der Waals surface area contributed by atoms with Crippen LogP contribution < -0.4 is 0 Å². The van der Waals surface area contributed by atoms with Crippen LogP contribution in [0.2, 0.25) is 0 Å². The predicted molar refractivity (Wildman–Crippen MR) is 92.6 cm³/mol. The third kappa shape index (κ3) is 4.79. The van der Waals surface area contributed by atoms with Crippen LogP contribution >= 0.6 is 11.3 Å². The van der Waals surface area contributed by atoms with E-state index in [9.17, 15) is 4.79 Å². The van der Waals surface area contributed by atoms with Gasteiger partial charge in [-0.05, 0) is 42.3 Å². The van der Waals surface area contributed by atoms with Gasteiger partial charge in [0.05, 0.1) is 5.92 Å². The molecule has 1 rings (SSSR count). The van der Waals surface area contributed by atoms with Crippen molar-refractivity contribution in [2.45, 2.75) is 46.1 Å². The van der Waals surface area contributed by atoms with E-state index >= 15 is 0 Å². The normalized spacial score (nSPS) is 14.0. The number of terminal acetylenes is 2. The number of allylic oxidation sites excluding steroid dienone is 1. The van der Waals surface area contributed by atoms with Gasteiger partial charge in [-0.3, -0.25) is 4.79 Å². The van der Waals surface area contributed by atoms with E-state index in [2.05, 4.69) is 11.8 Å². The Balaban J connectivity index is 2.92. The lowest BCUT2D eigenvalue weighted by molar-refractivity contribution is -0.148. The van der Waals surface area contributed by atoms with E-state index in [1.165, 1.54) is 4.88 Å². The topological polar surface area (TPSA) is 26.3 Å². The van der Waals surface area contributed by atoms with Crippen molar-refractivity contribution in [3.05, 3.63) is 33.5 Å². The molecule has 2 unspecified atom stereocenters. The minimum atomic E-state index is -0.665. The molecule has 0 bridgehead atoms. The predicted octanol–water partition coefficient (Wildman–Crippen LogP) is 4.31. The summed E-state index contributed by atoms with van der Waals surface area (Å²) in [6.45, 7) is 7.86. The van der Waals surface area contributed by atoms with Gasteiger partial charge in [0.15, 0.2) is 6.10 Å². The molecule has 0 amide bonds. The second-order valence-electron chi connectivity index (χ2n) is 5.55. The summed E-state index contributed by atoms with van der Waals surface area (Å²) in [5.41, 5.74) is 1.78. The van der Waals surface area contributed by atoms with Gasteiger partial charge >= 0.3 is 5.97 Å². The third-order valence-electron chi connectivity index (χ3n) is 3.37. The molecule has 0 N–H and O–H groups in total. The van der Waals surface area contributed by atoms with Gasteiger partial charge in [-0.15, -0.1) is 30.1 Å². The number of rotatable bonds is 6. The second kappa shape index (κ2) is 8.47. The number of ether oxygens (including phenoxy) is 1. The highest BCUT2D eigenvalue weighted by Gasteiger charge is 2.28. The highest BCUT2D eigenvalue weighted by Crippen LogP contribution is 2.30. The van der Waals surface area contributed by atoms with Gasteiger partial charge < -0.3 is 4.74 Å². The average Bonchev–Trinajstić information content (AvgIpc) is 2.87. The average molecular weight is 314 g/mol. The molecule has 3 heteroatoms. The fourth-order valence-electron chi connectivity index (χ4n) is 2.19. The number of esters is 1. The zero-order chi connectivity index (χ0) is 16.7. The molecular formula is C19H22O2S. The smallest absolute Gasteiger partial charge is 0.315 e. The second-order valence-corrected chi connectivity index (χ2v) is 6.67. The molecule has 0 aliphatic heterocycles. The standard InChI is InChI=1S/C19H22O2S/c1-7-9-10-14(5)17(8-2)21-19(20)18(13(3)4)16-11-15(6)22-12-16/h1-2,10-13,17-18H,9H2,3-6H3. The summed E-state index contributed by atoms with van der Waals surface area (Å²) in [5.74, 6) is 4.57. The van der Waals surface area contributed by atoms with Gasteiger partial charge in [0, 0.05) is 11.3 Å². The first-order chi connectivity index (χ1) is 10.4. The van der Waals surface area contributed by atoms with Crippen molar-refractivity contribution < 1.29 is 9.53 Å². The van der Waals surface area contributed by atoms with Gasteiger partial charge in [0.25, 0.3) is 0 Å². The highest BCUT2D eigenvalue weighted by atomic mass is 32.1. The summed E-state index contributed by atoms with van der Waals surface area (Å²) >= 11 is 1.63. The molecule has 2 atom stereocenters. The number of hydrogen-bond donors (Lipinski definition) is 0. The monoisotopic (exact) mass is 314 g/mol. The van der Waals surface area contributed by atoms with Crippen molar-refractivity contribution in [1.82, 2.24) is 0 Å². The molecular weight excluding hydrogens is 292 g/mol. The van der Waals surface area contributed by atoms with Crippen LogP contribution in [0.3, 0.4) is 0 Å². The fourth-order valence-corrected chi connectivity index (χ4v) is 2.94. The third-order valence-corrected chi connectivity index (χ3v) is 4.25. The van der Waals surface area contributed by atoms with Crippen molar-refractivity contribution in [3.8, 4) is 24.7 Å². The summed E-state index contributed by atoms with van der Waals surface area (Å²) in [7, 11) is 0. The lowest BCUT2D eigenvalue weighted by atomic mass is 9.90. The Morgan fingerprint density at radius 3 is 2.59 bits per heavy atom. The maximum Gasteiger partial charge on any atom is 0.315 e. The van der Waals surface area contributed by atoms with E-state index in [0.29, 0.717) is 6.42 Å². The molecule has 0 aromatic carbocycles. The summed E-state index contributed by atoms with van der Waals surface area (Å²) < 4.78 is 5.54. The number of carbonyl (C=O) groups is 1. The van der Waals surface area contributed by atoms with Crippen LogP contribution in [-0.4, -0.2) is 12.1 Å². The Labute approximate surface area is 137 Å². The molecule has 2 nitrogen and oxygen atoms in total. The van der Waals surface area contributed by atoms with E-state index in [-0.39, 0.29) is 17.8 Å². The molecule has 1 heterocycles.